The van der Waals surface area contributed by atoms with Gasteiger partial charge in [0.25, 0.3) is 10.1 Å². The number of rotatable bonds is 11. The average molecular weight is 556 g/mol. The van der Waals surface area contributed by atoms with Gasteiger partial charge in [0.2, 0.25) is 5.91 Å². The quantitative estimate of drug-likeness (QED) is 0.230. The molecule has 214 valence electrons. The maximum absolute atomic E-state index is 13.4. The van der Waals surface area contributed by atoms with E-state index in [2.05, 4.69) is 0 Å². The molecule has 4 atom stereocenters. The highest BCUT2D eigenvalue weighted by Gasteiger charge is 2.56. The molecule has 0 radical (unpaired) electrons. The Morgan fingerprint density at radius 2 is 1.68 bits per heavy atom. The van der Waals surface area contributed by atoms with Gasteiger partial charge in [0.1, 0.15) is 24.9 Å². The van der Waals surface area contributed by atoms with Gasteiger partial charge in [-0.3, -0.25) is 13.8 Å². The second kappa shape index (κ2) is 12.4. The Hall–Kier alpha value is -2.05. The number of hydrogen-bond acceptors (Lipinski definition) is 9. The van der Waals surface area contributed by atoms with Crippen molar-refractivity contribution in [2.75, 3.05) is 19.4 Å². The van der Waals surface area contributed by atoms with E-state index in [4.69, 9.17) is 23.1 Å². The third kappa shape index (κ3) is 9.30. The number of nitrogens with zero attached hydrogens (tertiary/aromatic N) is 1. The van der Waals surface area contributed by atoms with E-state index in [-0.39, 0.29) is 44.5 Å². The Bertz CT molecular complexity index is 1050. The predicted octanol–water partition coefficient (Wildman–Crippen LogP) is 3.18. The molecule has 1 aromatic carbocycles. The van der Waals surface area contributed by atoms with Gasteiger partial charge in [0.05, 0.1) is 31.1 Å². The largest absolute Gasteiger partial charge is 0.461 e. The van der Waals surface area contributed by atoms with Crippen molar-refractivity contribution in [1.29, 1.82) is 0 Å². The molecule has 3 rings (SSSR count). The van der Waals surface area contributed by atoms with E-state index >= 15 is 0 Å². The molecule has 0 aliphatic carbocycles. The fraction of sp³-hybridized carbons (Fsp3) is 0.704. The summed E-state index contributed by atoms with van der Waals surface area (Å²) in [5.74, 6) is -1.49. The van der Waals surface area contributed by atoms with Crippen LogP contribution in [-0.4, -0.2) is 80.3 Å². The lowest BCUT2D eigenvalue weighted by molar-refractivity contribution is -0.159. The summed E-state index contributed by atoms with van der Waals surface area (Å²) in [5, 5.41) is 0. The van der Waals surface area contributed by atoms with Crippen LogP contribution in [0.1, 0.15) is 65.9 Å². The van der Waals surface area contributed by atoms with Gasteiger partial charge in [-0.2, -0.15) is 8.42 Å². The zero-order chi connectivity index (χ0) is 28.1. The number of amides is 1. The van der Waals surface area contributed by atoms with Crippen LogP contribution < -0.4 is 0 Å². The number of esters is 1. The van der Waals surface area contributed by atoms with Crippen molar-refractivity contribution in [3.8, 4) is 0 Å². The number of piperidine rings is 1. The summed E-state index contributed by atoms with van der Waals surface area (Å²) >= 11 is 0. The summed E-state index contributed by atoms with van der Waals surface area (Å²) in [6.07, 6.45) is 0.0643. The number of ether oxygens (including phenoxy) is 4. The van der Waals surface area contributed by atoms with Crippen LogP contribution in [0.3, 0.4) is 0 Å². The second-order valence-corrected chi connectivity index (χ2v) is 12.9. The number of benzene rings is 1. The van der Waals surface area contributed by atoms with Crippen LogP contribution in [-0.2, 0) is 49.4 Å². The molecule has 1 aromatic rings. The monoisotopic (exact) mass is 555 g/mol. The van der Waals surface area contributed by atoms with Crippen LogP contribution in [0.5, 0.6) is 0 Å². The molecule has 0 aromatic heterocycles. The van der Waals surface area contributed by atoms with Gasteiger partial charge >= 0.3 is 5.97 Å². The fourth-order valence-electron chi connectivity index (χ4n) is 4.63. The average Bonchev–Trinajstić information content (AvgIpc) is 3.14. The lowest BCUT2D eigenvalue weighted by Crippen LogP contribution is -2.64. The summed E-state index contributed by atoms with van der Waals surface area (Å²) in [6.45, 7) is 9.66. The van der Waals surface area contributed by atoms with Crippen molar-refractivity contribution >= 4 is 22.0 Å². The maximum Gasteiger partial charge on any atom is 0.306 e. The first-order valence-corrected chi connectivity index (χ1v) is 14.8. The number of likely N-dealkylation sites (tertiary alicyclic amines) is 1. The lowest BCUT2D eigenvalue weighted by atomic mass is 9.93. The van der Waals surface area contributed by atoms with Crippen molar-refractivity contribution in [2.24, 2.45) is 0 Å². The van der Waals surface area contributed by atoms with Crippen molar-refractivity contribution in [1.82, 2.24) is 4.90 Å². The molecule has 2 saturated heterocycles. The molecule has 11 heteroatoms. The molecule has 2 aliphatic heterocycles. The molecular weight excluding hydrogens is 514 g/mol. The molecule has 2 fully saturated rings. The molecule has 0 N–H and O–H groups in total. The fourth-order valence-corrected chi connectivity index (χ4v) is 5.25. The first kappa shape index (κ1) is 30.5. The molecule has 38 heavy (non-hydrogen) atoms. The van der Waals surface area contributed by atoms with E-state index in [0.717, 1.165) is 11.8 Å². The van der Waals surface area contributed by atoms with Gasteiger partial charge in [-0.05, 0) is 53.0 Å². The number of hydrogen-bond donors (Lipinski definition) is 0. The van der Waals surface area contributed by atoms with Crippen molar-refractivity contribution < 1.29 is 41.1 Å². The topological polar surface area (TPSA) is 118 Å². The maximum atomic E-state index is 13.4. The Morgan fingerprint density at radius 1 is 1.05 bits per heavy atom. The first-order valence-electron chi connectivity index (χ1n) is 13.0. The van der Waals surface area contributed by atoms with E-state index in [1.807, 2.05) is 51.1 Å². The normalized spacial score (nSPS) is 25.2. The smallest absolute Gasteiger partial charge is 0.306 e. The van der Waals surface area contributed by atoms with E-state index in [1.54, 1.807) is 18.7 Å². The minimum atomic E-state index is -3.81. The SMILES string of the molecule is CC(C)(C)OCC1[C@@H]2OC(C)(C)O[C@@H]2[C@H](OS(C)(=O)=O)CN1C(=O)CCCCC(=O)OCc1ccccc1. The molecular formula is C27H41NO9S. The van der Waals surface area contributed by atoms with Gasteiger partial charge < -0.3 is 23.8 Å². The van der Waals surface area contributed by atoms with E-state index in [1.165, 1.54) is 0 Å². The summed E-state index contributed by atoms with van der Waals surface area (Å²) in [4.78, 5) is 27.1. The van der Waals surface area contributed by atoms with Gasteiger partial charge in [0.15, 0.2) is 5.79 Å². The minimum Gasteiger partial charge on any atom is -0.461 e. The third-order valence-corrected chi connectivity index (χ3v) is 6.85. The highest BCUT2D eigenvalue weighted by Crippen LogP contribution is 2.38. The Kier molecular flexibility index (Phi) is 9.97. The number of unbranched alkanes of at least 4 members (excludes halogenated alkanes) is 1. The van der Waals surface area contributed by atoms with Crippen molar-refractivity contribution in [2.45, 2.75) is 103 Å². The van der Waals surface area contributed by atoms with Crippen LogP contribution in [0.25, 0.3) is 0 Å². The van der Waals surface area contributed by atoms with E-state index in [9.17, 15) is 18.0 Å². The summed E-state index contributed by atoms with van der Waals surface area (Å²) in [7, 11) is -3.81. The molecule has 0 bridgehead atoms. The Morgan fingerprint density at radius 3 is 2.32 bits per heavy atom. The molecule has 0 saturated carbocycles. The molecule has 1 unspecified atom stereocenters. The first-order chi connectivity index (χ1) is 17.6. The zero-order valence-electron chi connectivity index (χ0n) is 23.2. The highest BCUT2D eigenvalue weighted by molar-refractivity contribution is 7.86. The summed E-state index contributed by atoms with van der Waals surface area (Å²) in [6, 6.07) is 8.93. The predicted molar refractivity (Wildman–Crippen MR) is 139 cm³/mol. The van der Waals surface area contributed by atoms with Gasteiger partial charge in [-0.1, -0.05) is 30.3 Å². The second-order valence-electron chi connectivity index (χ2n) is 11.3. The molecule has 10 nitrogen and oxygen atoms in total. The molecule has 1 amide bonds. The zero-order valence-corrected chi connectivity index (χ0v) is 24.0. The minimum absolute atomic E-state index is 0.0177. The number of fused-ring (bicyclic) bond motifs is 1. The standard InChI is InChI=1S/C27H41NO9S/c1-26(2,3)34-18-20-24-25(36-27(4,5)35-24)21(37-38(6,31)32)16-28(20)22(29)14-10-11-15-23(30)33-17-19-12-8-7-9-13-19/h7-9,12-13,20-21,24-25H,10-11,14-18H2,1-6H3/t20?,21-,24+,25-/m1/s1. The van der Waals surface area contributed by atoms with Crippen molar-refractivity contribution in [3.05, 3.63) is 35.9 Å². The van der Waals surface area contributed by atoms with Crippen LogP contribution in [0.4, 0.5) is 0 Å². The molecule has 2 aliphatic rings. The van der Waals surface area contributed by atoms with Crippen LogP contribution in [0, 0.1) is 0 Å². The summed E-state index contributed by atoms with van der Waals surface area (Å²) < 4.78 is 52.8. The van der Waals surface area contributed by atoms with Crippen LogP contribution in [0.15, 0.2) is 30.3 Å². The van der Waals surface area contributed by atoms with Crippen LogP contribution >= 0.6 is 0 Å². The van der Waals surface area contributed by atoms with E-state index in [0.29, 0.717) is 12.8 Å². The number of carbonyl (C=O) groups is 2. The molecule has 2 heterocycles. The Balaban J connectivity index is 1.63. The van der Waals surface area contributed by atoms with Gasteiger partial charge in [-0.15, -0.1) is 0 Å². The van der Waals surface area contributed by atoms with Gasteiger partial charge in [0, 0.05) is 12.8 Å². The highest BCUT2D eigenvalue weighted by atomic mass is 32.2. The van der Waals surface area contributed by atoms with E-state index < -0.39 is 45.9 Å². The summed E-state index contributed by atoms with van der Waals surface area (Å²) in [5.41, 5.74) is 0.453. The molecule has 0 spiro atoms. The van der Waals surface area contributed by atoms with Crippen LogP contribution in [0.2, 0.25) is 0 Å². The lowest BCUT2D eigenvalue weighted by Gasteiger charge is -2.45. The third-order valence-electron chi connectivity index (χ3n) is 6.26. The number of carbonyl (C=O) groups excluding carboxylic acids is 2. The van der Waals surface area contributed by atoms with Crippen molar-refractivity contribution in [3.63, 3.8) is 0 Å². The Labute approximate surface area is 226 Å². The van der Waals surface area contributed by atoms with Gasteiger partial charge in [-0.25, -0.2) is 0 Å².